The lowest BCUT2D eigenvalue weighted by atomic mass is 10.1. The zero-order valence-corrected chi connectivity index (χ0v) is 20.3. The molecule has 0 saturated carbocycles. The minimum absolute atomic E-state index is 0.133. The summed E-state index contributed by atoms with van der Waals surface area (Å²) in [6.07, 6.45) is 1.03. The molecule has 0 aromatic heterocycles. The normalized spacial score (nSPS) is 13.2. The van der Waals surface area contributed by atoms with Gasteiger partial charge in [-0.3, -0.25) is 9.59 Å². The van der Waals surface area contributed by atoms with Crippen molar-refractivity contribution in [3.05, 3.63) is 71.8 Å². The molecular formula is C22H27IN2O5S. The molecule has 0 aliphatic heterocycles. The summed E-state index contributed by atoms with van der Waals surface area (Å²) in [6.45, 7) is 0.232. The van der Waals surface area contributed by atoms with Crippen LogP contribution in [0.15, 0.2) is 60.7 Å². The number of benzene rings is 2. The number of sulfonamides is 1. The number of ether oxygens (including phenoxy) is 1. The van der Waals surface area contributed by atoms with E-state index in [-0.39, 0.29) is 35.0 Å². The predicted molar refractivity (Wildman–Crippen MR) is 128 cm³/mol. The van der Waals surface area contributed by atoms with Gasteiger partial charge >= 0.3 is 5.97 Å². The second-order valence-electron chi connectivity index (χ2n) is 7.00. The van der Waals surface area contributed by atoms with Crippen molar-refractivity contribution in [3.8, 4) is 0 Å². The highest BCUT2D eigenvalue weighted by Crippen LogP contribution is 2.11. The van der Waals surface area contributed by atoms with E-state index in [4.69, 9.17) is 4.74 Å². The molecule has 1 amide bonds. The number of nitrogens with one attached hydrogen (secondary N) is 2. The number of amides is 1. The van der Waals surface area contributed by atoms with Crippen LogP contribution in [0.25, 0.3) is 0 Å². The number of carbonyl (C=O) groups excluding carboxylic acids is 2. The van der Waals surface area contributed by atoms with Gasteiger partial charge in [0.1, 0.15) is 6.04 Å². The standard InChI is InChI=1S/C22H27IN2O5S/c1-30-22(27)20(16-18-11-6-3-7-12-18)25-31(28,29)14-8-13-24-21(26)19(23)15-17-9-4-2-5-10-17/h2-7,9-12,19-20,25H,8,13-16H2,1H3,(H,24,26)/t19-,20-/m0/s1. The average Bonchev–Trinajstić information content (AvgIpc) is 2.76. The fourth-order valence-electron chi connectivity index (χ4n) is 2.94. The molecule has 0 saturated heterocycles. The van der Waals surface area contributed by atoms with Crippen LogP contribution in [0, 0.1) is 0 Å². The monoisotopic (exact) mass is 558 g/mol. The van der Waals surface area contributed by atoms with Crippen LogP contribution < -0.4 is 10.0 Å². The van der Waals surface area contributed by atoms with Gasteiger partial charge in [-0.25, -0.2) is 13.1 Å². The quantitative estimate of drug-likeness (QED) is 0.180. The smallest absolute Gasteiger partial charge is 0.324 e. The second kappa shape index (κ2) is 12.8. The zero-order chi connectivity index (χ0) is 22.7. The molecule has 0 aliphatic rings. The van der Waals surface area contributed by atoms with Crippen molar-refractivity contribution in [1.29, 1.82) is 0 Å². The molecule has 0 aliphatic carbocycles. The lowest BCUT2D eigenvalue weighted by Crippen LogP contribution is -2.44. The number of esters is 1. The van der Waals surface area contributed by atoms with Gasteiger partial charge in [0, 0.05) is 6.54 Å². The highest BCUT2D eigenvalue weighted by Gasteiger charge is 2.25. The Morgan fingerprint density at radius 1 is 0.968 bits per heavy atom. The number of hydrogen-bond acceptors (Lipinski definition) is 5. The highest BCUT2D eigenvalue weighted by atomic mass is 127. The van der Waals surface area contributed by atoms with Crippen LogP contribution in [-0.2, 0) is 37.2 Å². The maximum Gasteiger partial charge on any atom is 0.324 e. The van der Waals surface area contributed by atoms with Crippen molar-refractivity contribution >= 4 is 44.5 Å². The number of hydrogen-bond donors (Lipinski definition) is 2. The van der Waals surface area contributed by atoms with Crippen molar-refractivity contribution in [3.63, 3.8) is 0 Å². The van der Waals surface area contributed by atoms with Gasteiger partial charge in [-0.15, -0.1) is 0 Å². The summed E-state index contributed by atoms with van der Waals surface area (Å²) in [5.74, 6) is -0.985. The van der Waals surface area contributed by atoms with Gasteiger partial charge in [0.15, 0.2) is 0 Å². The molecule has 0 heterocycles. The van der Waals surface area contributed by atoms with E-state index in [9.17, 15) is 18.0 Å². The third-order valence-corrected chi connectivity index (χ3v) is 7.00. The van der Waals surface area contributed by atoms with Gasteiger partial charge in [0.2, 0.25) is 15.9 Å². The van der Waals surface area contributed by atoms with Gasteiger partial charge in [0.25, 0.3) is 0 Å². The molecule has 168 valence electrons. The Hall–Kier alpha value is -1.98. The first-order chi connectivity index (χ1) is 14.8. The molecule has 7 nitrogen and oxygen atoms in total. The van der Waals surface area contributed by atoms with E-state index >= 15 is 0 Å². The fraction of sp³-hybridized carbons (Fsp3) is 0.364. The number of carbonyl (C=O) groups is 2. The lowest BCUT2D eigenvalue weighted by molar-refractivity contribution is -0.142. The van der Waals surface area contributed by atoms with Crippen LogP contribution in [0.3, 0.4) is 0 Å². The second-order valence-corrected chi connectivity index (χ2v) is 10.4. The predicted octanol–water partition coefficient (Wildman–Crippen LogP) is 2.24. The van der Waals surface area contributed by atoms with Crippen LogP contribution >= 0.6 is 22.6 Å². The molecule has 2 aromatic rings. The Kier molecular flexibility index (Phi) is 10.4. The Morgan fingerprint density at radius 3 is 2.06 bits per heavy atom. The van der Waals surface area contributed by atoms with E-state index in [1.165, 1.54) is 7.11 Å². The minimum Gasteiger partial charge on any atom is -0.468 e. The molecule has 0 fully saturated rings. The van der Waals surface area contributed by atoms with E-state index in [0.717, 1.165) is 11.1 Å². The van der Waals surface area contributed by atoms with Crippen molar-refractivity contribution in [2.24, 2.45) is 0 Å². The third-order valence-electron chi connectivity index (χ3n) is 4.52. The molecule has 2 rings (SSSR count). The maximum absolute atomic E-state index is 12.4. The van der Waals surface area contributed by atoms with Gasteiger partial charge in [0.05, 0.1) is 16.8 Å². The molecule has 0 bridgehead atoms. The van der Waals surface area contributed by atoms with Crippen molar-refractivity contribution in [2.45, 2.75) is 29.2 Å². The summed E-state index contributed by atoms with van der Waals surface area (Å²) in [5.41, 5.74) is 1.88. The molecule has 9 heteroatoms. The SMILES string of the molecule is COC(=O)[C@H](Cc1ccccc1)NS(=O)(=O)CCCNC(=O)[C@@H](I)Cc1ccccc1. The summed E-state index contributed by atoms with van der Waals surface area (Å²) >= 11 is 2.08. The molecule has 2 aromatic carbocycles. The average molecular weight is 558 g/mol. The summed E-state index contributed by atoms with van der Waals surface area (Å²) in [5, 5.41) is 2.77. The van der Waals surface area contributed by atoms with Gasteiger partial charge in [-0.05, 0) is 30.4 Å². The van der Waals surface area contributed by atoms with E-state index in [0.29, 0.717) is 6.42 Å². The summed E-state index contributed by atoms with van der Waals surface area (Å²) in [7, 11) is -2.50. The first-order valence-electron chi connectivity index (χ1n) is 9.88. The van der Waals surface area contributed by atoms with E-state index in [1.807, 2.05) is 60.7 Å². The van der Waals surface area contributed by atoms with Gasteiger partial charge in [-0.2, -0.15) is 0 Å². The molecule has 31 heavy (non-hydrogen) atoms. The Bertz CT molecular complexity index is 939. The Morgan fingerprint density at radius 2 is 1.52 bits per heavy atom. The van der Waals surface area contributed by atoms with Crippen LogP contribution in [-0.4, -0.2) is 49.7 Å². The number of halogens is 1. The van der Waals surface area contributed by atoms with E-state index < -0.39 is 22.0 Å². The maximum atomic E-state index is 12.4. The molecular weight excluding hydrogens is 531 g/mol. The Balaban J connectivity index is 1.80. The molecule has 0 unspecified atom stereocenters. The highest BCUT2D eigenvalue weighted by molar-refractivity contribution is 14.1. The van der Waals surface area contributed by atoms with Crippen molar-refractivity contribution in [1.82, 2.24) is 10.0 Å². The molecule has 2 N–H and O–H groups in total. The molecule has 2 atom stereocenters. The van der Waals surface area contributed by atoms with E-state index in [1.54, 1.807) is 0 Å². The first-order valence-corrected chi connectivity index (χ1v) is 12.8. The summed E-state index contributed by atoms with van der Waals surface area (Å²) < 4.78 is 31.8. The summed E-state index contributed by atoms with van der Waals surface area (Å²) in [4.78, 5) is 24.3. The number of alkyl halides is 1. The number of rotatable bonds is 12. The Labute approximate surface area is 197 Å². The number of methoxy groups -OCH3 is 1. The van der Waals surface area contributed by atoms with Gasteiger partial charge < -0.3 is 10.1 Å². The van der Waals surface area contributed by atoms with Crippen LogP contribution in [0.5, 0.6) is 0 Å². The molecule has 0 spiro atoms. The zero-order valence-electron chi connectivity index (χ0n) is 17.3. The van der Waals surface area contributed by atoms with Crippen LogP contribution in [0.4, 0.5) is 0 Å². The minimum atomic E-state index is -3.73. The van der Waals surface area contributed by atoms with Gasteiger partial charge in [-0.1, -0.05) is 83.3 Å². The van der Waals surface area contributed by atoms with Crippen molar-refractivity contribution in [2.75, 3.05) is 19.4 Å². The topological polar surface area (TPSA) is 102 Å². The van der Waals surface area contributed by atoms with E-state index in [2.05, 4.69) is 32.6 Å². The summed E-state index contributed by atoms with van der Waals surface area (Å²) in [6, 6.07) is 17.8. The first kappa shape index (κ1) is 25.3. The fourth-order valence-corrected chi connectivity index (χ4v) is 4.92. The molecule has 0 radical (unpaired) electrons. The largest absolute Gasteiger partial charge is 0.468 e. The van der Waals surface area contributed by atoms with Crippen LogP contribution in [0.2, 0.25) is 0 Å². The third kappa shape index (κ3) is 9.36. The van der Waals surface area contributed by atoms with Crippen molar-refractivity contribution < 1.29 is 22.7 Å². The van der Waals surface area contributed by atoms with Crippen LogP contribution in [0.1, 0.15) is 17.5 Å². The lowest BCUT2D eigenvalue weighted by Gasteiger charge is -2.17.